The van der Waals surface area contributed by atoms with E-state index in [4.69, 9.17) is 9.47 Å². The molecule has 1 saturated heterocycles. The Morgan fingerprint density at radius 1 is 1.14 bits per heavy atom. The van der Waals surface area contributed by atoms with E-state index in [0.717, 1.165) is 56.1 Å². The molecule has 0 bridgehead atoms. The van der Waals surface area contributed by atoms with E-state index in [1.54, 1.807) is 17.7 Å². The molecule has 0 radical (unpaired) electrons. The molecule has 1 aliphatic heterocycles. The van der Waals surface area contributed by atoms with Crippen molar-refractivity contribution < 1.29 is 19.4 Å². The van der Waals surface area contributed by atoms with Crippen LogP contribution in [0.2, 0.25) is 0 Å². The number of methoxy groups -OCH3 is 1. The van der Waals surface area contributed by atoms with Gasteiger partial charge >= 0.3 is 0 Å². The number of hydrogen-bond acceptors (Lipinski definition) is 7. The molecule has 1 aliphatic rings. The number of nitrogens with one attached hydrogen (secondary N) is 1. The van der Waals surface area contributed by atoms with Gasteiger partial charge in [0.1, 0.15) is 11.5 Å². The van der Waals surface area contributed by atoms with E-state index in [9.17, 15) is 9.90 Å². The Balaban J connectivity index is 1.78. The Labute approximate surface area is 218 Å². The highest BCUT2D eigenvalue weighted by molar-refractivity contribution is 5.92. The Morgan fingerprint density at radius 2 is 1.89 bits per heavy atom. The molecule has 3 aromatic rings. The maximum atomic E-state index is 13.1. The summed E-state index contributed by atoms with van der Waals surface area (Å²) in [5.74, 6) is 0.985. The third-order valence-corrected chi connectivity index (χ3v) is 6.49. The van der Waals surface area contributed by atoms with E-state index >= 15 is 0 Å². The average Bonchev–Trinajstić information content (AvgIpc) is 3.32. The van der Waals surface area contributed by atoms with Crippen LogP contribution < -0.4 is 10.1 Å². The van der Waals surface area contributed by atoms with E-state index in [-0.39, 0.29) is 29.4 Å². The van der Waals surface area contributed by atoms with E-state index in [2.05, 4.69) is 46.4 Å². The van der Waals surface area contributed by atoms with Crippen LogP contribution in [0.3, 0.4) is 0 Å². The lowest BCUT2D eigenvalue weighted by Crippen LogP contribution is -2.37. The van der Waals surface area contributed by atoms with Crippen LogP contribution in [-0.2, 0) is 11.2 Å². The monoisotopic (exact) mass is 507 g/mol. The lowest BCUT2D eigenvalue weighted by Gasteiger charge is -2.26. The molecule has 198 valence electrons. The molecule has 0 unspecified atom stereocenters. The molecule has 9 heteroatoms. The van der Waals surface area contributed by atoms with Crippen LogP contribution in [0.25, 0.3) is 17.1 Å². The Morgan fingerprint density at radius 3 is 2.57 bits per heavy atom. The third-order valence-electron chi connectivity index (χ3n) is 6.49. The number of hydrogen-bond donors (Lipinski definition) is 2. The number of aromatic nitrogens is 3. The molecular formula is C28H37N5O4. The van der Waals surface area contributed by atoms with Crippen molar-refractivity contribution in [2.75, 3.05) is 40.0 Å². The molecule has 4 rings (SSSR count). The van der Waals surface area contributed by atoms with Crippen molar-refractivity contribution in [3.63, 3.8) is 0 Å². The second-order valence-electron chi connectivity index (χ2n) is 9.95. The van der Waals surface area contributed by atoms with Gasteiger partial charge in [-0.05, 0) is 55.5 Å². The Hall–Kier alpha value is -3.43. The van der Waals surface area contributed by atoms with Gasteiger partial charge in [-0.3, -0.25) is 14.3 Å². The highest BCUT2D eigenvalue weighted by Crippen LogP contribution is 2.38. The van der Waals surface area contributed by atoms with Crippen LogP contribution in [0.4, 0.5) is 0 Å². The molecular weight excluding hydrogens is 470 g/mol. The van der Waals surface area contributed by atoms with Crippen LogP contribution in [-0.4, -0.2) is 76.7 Å². The van der Waals surface area contributed by atoms with Crippen molar-refractivity contribution in [3.05, 3.63) is 53.3 Å². The van der Waals surface area contributed by atoms with Crippen molar-refractivity contribution in [1.29, 1.82) is 0 Å². The number of rotatable bonds is 9. The zero-order valence-corrected chi connectivity index (χ0v) is 22.3. The van der Waals surface area contributed by atoms with Crippen molar-refractivity contribution in [2.45, 2.75) is 46.1 Å². The van der Waals surface area contributed by atoms with E-state index < -0.39 is 0 Å². The first-order valence-electron chi connectivity index (χ1n) is 12.9. The number of benzene rings is 2. The number of phenols is 1. The molecule has 0 atom stereocenters. The number of aromatic hydroxyl groups is 1. The van der Waals surface area contributed by atoms with Crippen LogP contribution in [0, 0.1) is 0 Å². The summed E-state index contributed by atoms with van der Waals surface area (Å²) in [4.78, 5) is 15.5. The second kappa shape index (κ2) is 11.7. The molecule has 1 amide bonds. The van der Waals surface area contributed by atoms with E-state index in [1.807, 2.05) is 32.0 Å². The zero-order valence-electron chi connectivity index (χ0n) is 22.3. The fourth-order valence-corrected chi connectivity index (χ4v) is 4.53. The fraction of sp³-hybridized carbons (Fsp3) is 0.464. The fourth-order valence-electron chi connectivity index (χ4n) is 4.53. The highest BCUT2D eigenvalue weighted by Gasteiger charge is 2.25. The molecule has 2 aromatic carbocycles. The minimum atomic E-state index is -0.329. The van der Waals surface area contributed by atoms with Crippen molar-refractivity contribution in [2.24, 2.45) is 0 Å². The topological polar surface area (TPSA) is 102 Å². The molecule has 1 aromatic heterocycles. The van der Waals surface area contributed by atoms with Crippen LogP contribution in [0.15, 0.2) is 36.4 Å². The molecule has 0 saturated carbocycles. The van der Waals surface area contributed by atoms with E-state index in [0.29, 0.717) is 17.1 Å². The standard InChI is InChI=1S/C28H37N5O4/c1-18(2)22-16-23(24(34)17-25(22)36-5)26-30-31-27(28(35)29-19(3)4)33(26)21-8-6-7-20(15-21)9-10-32-11-13-37-14-12-32/h6-8,15-19,34H,9-14H2,1-5H3,(H,29,35). The number of carbonyl (C=O) groups is 1. The summed E-state index contributed by atoms with van der Waals surface area (Å²) in [6.07, 6.45) is 0.865. The summed E-state index contributed by atoms with van der Waals surface area (Å²) in [5.41, 5.74) is 3.31. The number of nitrogens with zero attached hydrogens (tertiary/aromatic N) is 4. The number of ether oxygens (including phenoxy) is 2. The SMILES string of the molecule is COc1cc(O)c(-c2nnc(C(=O)NC(C)C)n2-c2cccc(CCN3CCOCC3)c2)cc1C(C)C. The predicted molar refractivity (Wildman–Crippen MR) is 143 cm³/mol. The summed E-state index contributed by atoms with van der Waals surface area (Å²) in [5, 5.41) is 22.5. The average molecular weight is 508 g/mol. The smallest absolute Gasteiger partial charge is 0.289 e. The summed E-state index contributed by atoms with van der Waals surface area (Å²) >= 11 is 0. The highest BCUT2D eigenvalue weighted by atomic mass is 16.5. The maximum absolute atomic E-state index is 13.1. The first kappa shape index (κ1) is 26.6. The molecule has 0 spiro atoms. The largest absolute Gasteiger partial charge is 0.507 e. The number of carbonyl (C=O) groups excluding carboxylic acids is 1. The van der Waals surface area contributed by atoms with E-state index in [1.165, 1.54) is 0 Å². The first-order chi connectivity index (χ1) is 17.8. The van der Waals surface area contributed by atoms with Gasteiger partial charge in [-0.15, -0.1) is 10.2 Å². The van der Waals surface area contributed by atoms with Gasteiger partial charge in [0.2, 0.25) is 5.82 Å². The number of morpholine rings is 1. The maximum Gasteiger partial charge on any atom is 0.289 e. The van der Waals surface area contributed by atoms with Crippen LogP contribution >= 0.6 is 0 Å². The van der Waals surface area contributed by atoms with Crippen LogP contribution in [0.1, 0.15) is 55.4 Å². The molecule has 1 fully saturated rings. The summed E-state index contributed by atoms with van der Waals surface area (Å²) in [7, 11) is 1.58. The molecule has 2 heterocycles. The van der Waals surface area contributed by atoms with Gasteiger partial charge in [0.15, 0.2) is 5.82 Å². The van der Waals surface area contributed by atoms with Gasteiger partial charge in [0, 0.05) is 37.4 Å². The lowest BCUT2D eigenvalue weighted by molar-refractivity contribution is 0.0384. The Kier molecular flexibility index (Phi) is 8.45. The lowest BCUT2D eigenvalue weighted by atomic mass is 9.98. The van der Waals surface area contributed by atoms with Crippen molar-refractivity contribution in [1.82, 2.24) is 25.0 Å². The van der Waals surface area contributed by atoms with Gasteiger partial charge in [-0.25, -0.2) is 0 Å². The molecule has 9 nitrogen and oxygen atoms in total. The summed E-state index contributed by atoms with van der Waals surface area (Å²) < 4.78 is 12.7. The van der Waals surface area contributed by atoms with Crippen LogP contribution in [0.5, 0.6) is 11.5 Å². The summed E-state index contributed by atoms with van der Waals surface area (Å²) in [6, 6.07) is 11.4. The zero-order chi connectivity index (χ0) is 26.5. The molecule has 2 N–H and O–H groups in total. The van der Waals surface area contributed by atoms with Gasteiger partial charge in [0.05, 0.1) is 25.9 Å². The minimum absolute atomic E-state index is 0.00851. The normalized spacial score (nSPS) is 14.4. The quantitative estimate of drug-likeness (QED) is 0.454. The predicted octanol–water partition coefficient (Wildman–Crippen LogP) is 3.78. The molecule has 0 aliphatic carbocycles. The van der Waals surface area contributed by atoms with Gasteiger partial charge in [-0.2, -0.15) is 0 Å². The number of amides is 1. The van der Waals surface area contributed by atoms with Gasteiger partial charge < -0.3 is 19.9 Å². The number of phenolic OH excluding ortho intramolecular Hbond substituents is 1. The van der Waals surface area contributed by atoms with Gasteiger partial charge in [0.25, 0.3) is 5.91 Å². The van der Waals surface area contributed by atoms with Crippen molar-refractivity contribution in [3.8, 4) is 28.6 Å². The minimum Gasteiger partial charge on any atom is -0.507 e. The third kappa shape index (κ3) is 6.11. The second-order valence-corrected chi connectivity index (χ2v) is 9.95. The summed E-state index contributed by atoms with van der Waals surface area (Å²) in [6.45, 7) is 12.2. The first-order valence-corrected chi connectivity index (χ1v) is 12.9. The van der Waals surface area contributed by atoms with Crippen molar-refractivity contribution >= 4 is 5.91 Å². The van der Waals surface area contributed by atoms with Gasteiger partial charge in [-0.1, -0.05) is 26.0 Å². The Bertz CT molecular complexity index is 1230. The molecule has 37 heavy (non-hydrogen) atoms.